The lowest BCUT2D eigenvalue weighted by Gasteiger charge is -2.15. The Hall–Kier alpha value is -2.06. The van der Waals surface area contributed by atoms with Crippen LogP contribution < -0.4 is 10.5 Å². The van der Waals surface area contributed by atoms with Crippen LogP contribution >= 0.6 is 0 Å². The zero-order valence-electron chi connectivity index (χ0n) is 12.2. The van der Waals surface area contributed by atoms with Crippen molar-refractivity contribution in [2.24, 2.45) is 0 Å². The third-order valence-corrected chi connectivity index (χ3v) is 4.85. The summed E-state index contributed by atoms with van der Waals surface area (Å²) in [6.45, 7) is 1.34. The monoisotopic (exact) mass is 344 g/mol. The van der Waals surface area contributed by atoms with Crippen LogP contribution in [0.5, 0.6) is 0 Å². The van der Waals surface area contributed by atoms with Crippen molar-refractivity contribution in [1.82, 2.24) is 4.72 Å². The second kappa shape index (κ2) is 6.21. The van der Waals surface area contributed by atoms with Crippen LogP contribution in [-0.4, -0.2) is 8.42 Å². The molecule has 0 bridgehead atoms. The SMILES string of the molecule is Cc1c(N)cc(C(F)(F)F)cc1S(=O)(=O)NCc1ccccc1. The van der Waals surface area contributed by atoms with Crippen molar-refractivity contribution in [1.29, 1.82) is 0 Å². The fourth-order valence-corrected chi connectivity index (χ4v) is 3.32. The van der Waals surface area contributed by atoms with E-state index in [0.29, 0.717) is 11.6 Å². The molecule has 8 heteroatoms. The maximum absolute atomic E-state index is 12.8. The van der Waals surface area contributed by atoms with Gasteiger partial charge in [-0.2, -0.15) is 13.2 Å². The second-order valence-corrected chi connectivity index (χ2v) is 6.73. The van der Waals surface area contributed by atoms with Gasteiger partial charge in [-0.1, -0.05) is 30.3 Å². The highest BCUT2D eigenvalue weighted by Crippen LogP contribution is 2.34. The van der Waals surface area contributed by atoms with Gasteiger partial charge in [0.2, 0.25) is 10.0 Å². The van der Waals surface area contributed by atoms with Crippen LogP contribution in [0.3, 0.4) is 0 Å². The largest absolute Gasteiger partial charge is 0.416 e. The van der Waals surface area contributed by atoms with Crippen LogP contribution in [0.4, 0.5) is 18.9 Å². The molecule has 0 fully saturated rings. The standard InChI is InChI=1S/C15H15F3N2O2S/c1-10-13(19)7-12(15(16,17)18)8-14(10)23(21,22)20-9-11-5-3-2-4-6-11/h2-8,20H,9,19H2,1H3. The van der Waals surface area contributed by atoms with Crippen LogP contribution in [0.15, 0.2) is 47.4 Å². The number of halogens is 3. The second-order valence-electron chi connectivity index (χ2n) is 5.00. The molecule has 0 aliphatic carbocycles. The highest BCUT2D eigenvalue weighted by atomic mass is 32.2. The predicted octanol–water partition coefficient (Wildman–Crippen LogP) is 3.07. The summed E-state index contributed by atoms with van der Waals surface area (Å²) in [5.74, 6) is 0. The maximum Gasteiger partial charge on any atom is 0.416 e. The molecule has 0 aliphatic rings. The van der Waals surface area contributed by atoms with Crippen molar-refractivity contribution in [3.05, 3.63) is 59.2 Å². The number of nitrogens with one attached hydrogen (secondary N) is 1. The minimum absolute atomic E-state index is 0.0290. The summed E-state index contributed by atoms with van der Waals surface area (Å²) < 4.78 is 65.5. The molecule has 0 aliphatic heterocycles. The molecule has 0 saturated carbocycles. The Morgan fingerprint density at radius 3 is 2.30 bits per heavy atom. The Kier molecular flexibility index (Phi) is 4.67. The number of benzene rings is 2. The quantitative estimate of drug-likeness (QED) is 0.837. The molecule has 0 atom stereocenters. The number of hydrogen-bond acceptors (Lipinski definition) is 3. The average molecular weight is 344 g/mol. The van der Waals surface area contributed by atoms with E-state index >= 15 is 0 Å². The normalized spacial score (nSPS) is 12.3. The molecule has 0 saturated heterocycles. The number of rotatable bonds is 4. The molecule has 23 heavy (non-hydrogen) atoms. The molecule has 4 nitrogen and oxygen atoms in total. The van der Waals surface area contributed by atoms with Gasteiger partial charge in [0, 0.05) is 12.2 Å². The molecular formula is C15H15F3N2O2S. The maximum atomic E-state index is 12.8. The van der Waals surface area contributed by atoms with Crippen LogP contribution in [-0.2, 0) is 22.7 Å². The summed E-state index contributed by atoms with van der Waals surface area (Å²) >= 11 is 0. The van der Waals surface area contributed by atoms with E-state index in [2.05, 4.69) is 4.72 Å². The molecule has 0 heterocycles. The zero-order valence-corrected chi connectivity index (χ0v) is 13.0. The zero-order chi connectivity index (χ0) is 17.3. The van der Waals surface area contributed by atoms with Crippen molar-refractivity contribution in [2.75, 3.05) is 5.73 Å². The first-order valence-electron chi connectivity index (χ1n) is 6.62. The van der Waals surface area contributed by atoms with Gasteiger partial charge >= 0.3 is 6.18 Å². The number of nitrogen functional groups attached to an aromatic ring is 1. The van der Waals surface area contributed by atoms with Crippen molar-refractivity contribution in [2.45, 2.75) is 24.5 Å². The van der Waals surface area contributed by atoms with Crippen molar-refractivity contribution < 1.29 is 21.6 Å². The fraction of sp³-hybridized carbons (Fsp3) is 0.200. The van der Waals surface area contributed by atoms with Gasteiger partial charge in [-0.25, -0.2) is 13.1 Å². The van der Waals surface area contributed by atoms with Gasteiger partial charge in [-0.3, -0.25) is 0 Å². The van der Waals surface area contributed by atoms with E-state index in [0.717, 1.165) is 6.07 Å². The molecule has 2 aromatic carbocycles. The van der Waals surface area contributed by atoms with Gasteiger partial charge in [0.25, 0.3) is 0 Å². The number of hydrogen-bond donors (Lipinski definition) is 2. The Labute approximate surface area is 132 Å². The topological polar surface area (TPSA) is 72.2 Å². The van der Waals surface area contributed by atoms with Crippen LogP contribution in [0.1, 0.15) is 16.7 Å². The minimum atomic E-state index is -4.68. The Morgan fingerprint density at radius 1 is 1.13 bits per heavy atom. The number of alkyl halides is 3. The Balaban J connectivity index is 2.37. The highest BCUT2D eigenvalue weighted by Gasteiger charge is 2.33. The lowest BCUT2D eigenvalue weighted by Crippen LogP contribution is -2.25. The lowest BCUT2D eigenvalue weighted by atomic mass is 10.1. The first-order valence-corrected chi connectivity index (χ1v) is 8.10. The van der Waals surface area contributed by atoms with Gasteiger partial charge in [0.1, 0.15) is 0 Å². The van der Waals surface area contributed by atoms with Crippen molar-refractivity contribution in [3.63, 3.8) is 0 Å². The molecule has 0 amide bonds. The van der Waals surface area contributed by atoms with Gasteiger partial charge in [-0.05, 0) is 30.2 Å². The average Bonchev–Trinajstić information content (AvgIpc) is 2.47. The minimum Gasteiger partial charge on any atom is -0.398 e. The van der Waals surface area contributed by atoms with E-state index in [9.17, 15) is 21.6 Å². The first-order chi connectivity index (χ1) is 10.6. The highest BCUT2D eigenvalue weighted by molar-refractivity contribution is 7.89. The van der Waals surface area contributed by atoms with Gasteiger partial charge in [-0.15, -0.1) is 0 Å². The molecule has 124 valence electrons. The fourth-order valence-electron chi connectivity index (χ4n) is 2.00. The smallest absolute Gasteiger partial charge is 0.398 e. The number of nitrogens with two attached hydrogens (primary N) is 1. The molecule has 2 aromatic rings. The Morgan fingerprint density at radius 2 is 1.74 bits per heavy atom. The van der Waals surface area contributed by atoms with Gasteiger partial charge in [0.15, 0.2) is 0 Å². The molecule has 0 spiro atoms. The third-order valence-electron chi connectivity index (χ3n) is 3.33. The third kappa shape index (κ3) is 4.02. The summed E-state index contributed by atoms with van der Waals surface area (Å²) in [6.07, 6.45) is -4.68. The molecule has 2 rings (SSSR count). The lowest BCUT2D eigenvalue weighted by molar-refractivity contribution is -0.137. The first kappa shape index (κ1) is 17.3. The Bertz CT molecular complexity index is 803. The summed E-state index contributed by atoms with van der Waals surface area (Å²) in [5, 5.41) is 0. The van der Waals surface area contributed by atoms with E-state index in [1.54, 1.807) is 30.3 Å². The summed E-state index contributed by atoms with van der Waals surface area (Å²) in [7, 11) is -4.12. The van der Waals surface area contributed by atoms with Crippen LogP contribution in [0, 0.1) is 6.92 Å². The van der Waals surface area contributed by atoms with Crippen LogP contribution in [0.2, 0.25) is 0 Å². The molecule has 3 N–H and O–H groups in total. The van der Waals surface area contributed by atoms with E-state index < -0.39 is 26.7 Å². The predicted molar refractivity (Wildman–Crippen MR) is 81.1 cm³/mol. The van der Waals surface area contributed by atoms with Crippen molar-refractivity contribution in [3.8, 4) is 0 Å². The van der Waals surface area contributed by atoms with Crippen molar-refractivity contribution >= 4 is 15.7 Å². The number of sulfonamides is 1. The molecule has 0 unspecified atom stereocenters. The molecule has 0 aromatic heterocycles. The summed E-state index contributed by atoms with van der Waals surface area (Å²) in [6, 6.07) is 9.97. The van der Waals surface area contributed by atoms with Crippen LogP contribution in [0.25, 0.3) is 0 Å². The number of anilines is 1. The summed E-state index contributed by atoms with van der Waals surface area (Å²) in [5.41, 5.74) is 4.98. The molecule has 0 radical (unpaired) electrons. The van der Waals surface area contributed by atoms with Gasteiger partial charge < -0.3 is 5.73 Å². The van der Waals surface area contributed by atoms with E-state index in [-0.39, 0.29) is 17.8 Å². The molecular weight excluding hydrogens is 329 g/mol. The van der Waals surface area contributed by atoms with Gasteiger partial charge in [0.05, 0.1) is 10.5 Å². The van der Waals surface area contributed by atoms with E-state index in [1.807, 2.05) is 0 Å². The van der Waals surface area contributed by atoms with E-state index in [4.69, 9.17) is 5.73 Å². The van der Waals surface area contributed by atoms with E-state index in [1.165, 1.54) is 6.92 Å². The summed E-state index contributed by atoms with van der Waals surface area (Å²) in [4.78, 5) is -0.472.